The van der Waals surface area contributed by atoms with Crippen molar-refractivity contribution >= 4 is 5.91 Å². The van der Waals surface area contributed by atoms with E-state index in [9.17, 15) is 4.79 Å². The number of nitriles is 1. The predicted molar refractivity (Wildman–Crippen MR) is 64.8 cm³/mol. The predicted octanol–water partition coefficient (Wildman–Crippen LogP) is 1.57. The summed E-state index contributed by atoms with van der Waals surface area (Å²) in [6.45, 7) is 9.82. The maximum atomic E-state index is 11.6. The fourth-order valence-corrected chi connectivity index (χ4v) is 1.26. The molecule has 4 heteroatoms. The van der Waals surface area contributed by atoms with Crippen molar-refractivity contribution in [1.29, 1.82) is 5.26 Å². The quantitative estimate of drug-likeness (QED) is 0.746. The van der Waals surface area contributed by atoms with Crippen LogP contribution in [0.5, 0.6) is 0 Å². The van der Waals surface area contributed by atoms with E-state index in [2.05, 4.69) is 16.7 Å². The molecule has 0 aliphatic heterocycles. The Labute approximate surface area is 98.4 Å². The van der Waals surface area contributed by atoms with Gasteiger partial charge in [0.25, 0.3) is 0 Å². The monoisotopic (exact) mass is 225 g/mol. The highest BCUT2D eigenvalue weighted by molar-refractivity contribution is 5.77. The molecule has 0 aliphatic carbocycles. The van der Waals surface area contributed by atoms with Crippen LogP contribution in [0.4, 0.5) is 0 Å². The van der Waals surface area contributed by atoms with Gasteiger partial charge in [-0.05, 0) is 34.1 Å². The minimum absolute atomic E-state index is 0.0881. The highest BCUT2D eigenvalue weighted by Gasteiger charge is 2.18. The largest absolute Gasteiger partial charge is 0.351 e. The molecule has 0 heterocycles. The lowest BCUT2D eigenvalue weighted by Gasteiger charge is -2.22. The lowest BCUT2D eigenvalue weighted by Crippen LogP contribution is -2.44. The highest BCUT2D eigenvalue weighted by Crippen LogP contribution is 2.02. The Balaban J connectivity index is 4.14. The number of amides is 1. The van der Waals surface area contributed by atoms with Gasteiger partial charge in [-0.25, -0.2) is 0 Å². The van der Waals surface area contributed by atoms with E-state index < -0.39 is 6.04 Å². The van der Waals surface area contributed by atoms with Crippen LogP contribution in [0.2, 0.25) is 0 Å². The SMILES string of the molecule is CCC(C)NC(C#N)CC(=O)NC(C)(C)C. The molecule has 0 rings (SSSR count). The van der Waals surface area contributed by atoms with Crippen molar-refractivity contribution in [2.45, 2.75) is 65.1 Å². The van der Waals surface area contributed by atoms with E-state index in [4.69, 9.17) is 5.26 Å². The van der Waals surface area contributed by atoms with Gasteiger partial charge in [-0.15, -0.1) is 0 Å². The second-order valence-electron chi connectivity index (χ2n) is 5.16. The summed E-state index contributed by atoms with van der Waals surface area (Å²) in [5.74, 6) is -0.0881. The van der Waals surface area contributed by atoms with E-state index in [1.165, 1.54) is 0 Å². The summed E-state index contributed by atoms with van der Waals surface area (Å²) in [7, 11) is 0. The average Bonchev–Trinajstić information content (AvgIpc) is 2.13. The Hall–Kier alpha value is -1.08. The maximum absolute atomic E-state index is 11.6. The lowest BCUT2D eigenvalue weighted by atomic mass is 10.1. The fourth-order valence-electron chi connectivity index (χ4n) is 1.26. The molecule has 1 amide bonds. The second-order valence-corrected chi connectivity index (χ2v) is 5.16. The number of hydrogen-bond donors (Lipinski definition) is 2. The third-order valence-corrected chi connectivity index (χ3v) is 2.16. The normalized spacial score (nSPS) is 15.0. The molecule has 4 nitrogen and oxygen atoms in total. The summed E-state index contributed by atoms with van der Waals surface area (Å²) in [6.07, 6.45) is 1.15. The van der Waals surface area contributed by atoms with Crippen molar-refractivity contribution in [2.75, 3.05) is 0 Å². The highest BCUT2D eigenvalue weighted by atomic mass is 16.1. The van der Waals surface area contributed by atoms with E-state index in [-0.39, 0.29) is 23.9 Å². The van der Waals surface area contributed by atoms with Crippen LogP contribution in [-0.2, 0) is 4.79 Å². The van der Waals surface area contributed by atoms with Crippen molar-refractivity contribution in [2.24, 2.45) is 0 Å². The van der Waals surface area contributed by atoms with Gasteiger partial charge in [0.15, 0.2) is 0 Å². The van der Waals surface area contributed by atoms with Crippen LogP contribution in [0.3, 0.4) is 0 Å². The molecule has 0 aliphatic rings. The Morgan fingerprint density at radius 3 is 2.38 bits per heavy atom. The summed E-state index contributed by atoms with van der Waals surface area (Å²) in [4.78, 5) is 11.6. The Morgan fingerprint density at radius 1 is 1.44 bits per heavy atom. The van der Waals surface area contributed by atoms with E-state index in [0.29, 0.717) is 0 Å². The number of carbonyl (C=O) groups excluding carboxylic acids is 1. The van der Waals surface area contributed by atoms with Gasteiger partial charge < -0.3 is 5.32 Å². The zero-order valence-electron chi connectivity index (χ0n) is 10.9. The molecule has 2 unspecified atom stereocenters. The first kappa shape index (κ1) is 14.9. The molecule has 16 heavy (non-hydrogen) atoms. The molecule has 0 spiro atoms. The van der Waals surface area contributed by atoms with E-state index >= 15 is 0 Å². The van der Waals surface area contributed by atoms with Gasteiger partial charge in [-0.3, -0.25) is 10.1 Å². The first-order valence-electron chi connectivity index (χ1n) is 5.75. The molecule has 0 aromatic carbocycles. The van der Waals surface area contributed by atoms with Crippen LogP contribution in [0.25, 0.3) is 0 Å². The van der Waals surface area contributed by atoms with E-state index in [1.807, 2.05) is 34.6 Å². The van der Waals surface area contributed by atoms with Gasteiger partial charge in [-0.2, -0.15) is 5.26 Å². The van der Waals surface area contributed by atoms with Crippen LogP contribution in [-0.4, -0.2) is 23.5 Å². The molecule has 2 N–H and O–H groups in total. The molecule has 0 fully saturated rings. The fraction of sp³-hybridized carbons (Fsp3) is 0.833. The van der Waals surface area contributed by atoms with E-state index in [1.54, 1.807) is 0 Å². The maximum Gasteiger partial charge on any atom is 0.223 e. The van der Waals surface area contributed by atoms with Gasteiger partial charge in [0.1, 0.15) is 6.04 Å². The smallest absolute Gasteiger partial charge is 0.223 e. The van der Waals surface area contributed by atoms with Crippen LogP contribution in [0, 0.1) is 11.3 Å². The van der Waals surface area contributed by atoms with Gasteiger partial charge in [0, 0.05) is 11.6 Å². The van der Waals surface area contributed by atoms with Crippen LogP contribution < -0.4 is 10.6 Å². The Kier molecular flexibility index (Phi) is 6.05. The molecule has 0 radical (unpaired) electrons. The van der Waals surface area contributed by atoms with Crippen molar-refractivity contribution in [3.05, 3.63) is 0 Å². The first-order valence-corrected chi connectivity index (χ1v) is 5.75. The minimum Gasteiger partial charge on any atom is -0.351 e. The second kappa shape index (κ2) is 6.49. The summed E-state index contributed by atoms with van der Waals surface area (Å²) < 4.78 is 0. The number of carbonyl (C=O) groups is 1. The zero-order chi connectivity index (χ0) is 12.8. The molecular formula is C12H23N3O. The van der Waals surface area contributed by atoms with Crippen molar-refractivity contribution in [3.8, 4) is 6.07 Å². The summed E-state index contributed by atoms with van der Waals surface area (Å²) in [6, 6.07) is 1.96. The molecular weight excluding hydrogens is 202 g/mol. The van der Waals surface area contributed by atoms with Crippen LogP contribution >= 0.6 is 0 Å². The molecule has 0 saturated heterocycles. The van der Waals surface area contributed by atoms with Crippen molar-refractivity contribution < 1.29 is 4.79 Å². The molecule has 0 aromatic rings. The molecule has 92 valence electrons. The van der Waals surface area contributed by atoms with Gasteiger partial charge in [0.2, 0.25) is 5.91 Å². The molecule has 0 aromatic heterocycles. The van der Waals surface area contributed by atoms with Crippen LogP contribution in [0.15, 0.2) is 0 Å². The van der Waals surface area contributed by atoms with Gasteiger partial charge in [0.05, 0.1) is 12.5 Å². The number of nitrogens with zero attached hydrogens (tertiary/aromatic N) is 1. The minimum atomic E-state index is -0.405. The molecule has 2 atom stereocenters. The third kappa shape index (κ3) is 7.24. The first-order chi connectivity index (χ1) is 7.28. The summed E-state index contributed by atoms with van der Waals surface area (Å²) in [5.41, 5.74) is -0.243. The van der Waals surface area contributed by atoms with Crippen molar-refractivity contribution in [1.82, 2.24) is 10.6 Å². The molecule has 0 saturated carbocycles. The number of hydrogen-bond acceptors (Lipinski definition) is 3. The van der Waals surface area contributed by atoms with Gasteiger partial charge >= 0.3 is 0 Å². The Bertz CT molecular complexity index is 262. The standard InChI is InChI=1S/C12H23N3O/c1-6-9(2)14-10(8-13)7-11(16)15-12(3,4)5/h9-10,14H,6-7H2,1-5H3,(H,15,16). The number of rotatable bonds is 5. The average molecular weight is 225 g/mol. The number of nitrogens with one attached hydrogen (secondary N) is 2. The van der Waals surface area contributed by atoms with Gasteiger partial charge in [-0.1, -0.05) is 6.92 Å². The Morgan fingerprint density at radius 2 is 2.00 bits per heavy atom. The third-order valence-electron chi connectivity index (χ3n) is 2.16. The van der Waals surface area contributed by atoms with E-state index in [0.717, 1.165) is 6.42 Å². The zero-order valence-corrected chi connectivity index (χ0v) is 10.9. The summed E-state index contributed by atoms with van der Waals surface area (Å²) in [5, 5.41) is 14.9. The topological polar surface area (TPSA) is 64.9 Å². The lowest BCUT2D eigenvalue weighted by molar-refractivity contribution is -0.122. The molecule has 0 bridgehead atoms. The van der Waals surface area contributed by atoms with Crippen molar-refractivity contribution in [3.63, 3.8) is 0 Å². The summed E-state index contributed by atoms with van der Waals surface area (Å²) >= 11 is 0. The van der Waals surface area contributed by atoms with Crippen LogP contribution in [0.1, 0.15) is 47.5 Å².